The summed E-state index contributed by atoms with van der Waals surface area (Å²) in [6.07, 6.45) is 1.80. The van der Waals surface area contributed by atoms with Crippen LogP contribution in [0.1, 0.15) is 24.7 Å². The molecule has 0 saturated carbocycles. The van der Waals surface area contributed by atoms with Crippen LogP contribution in [0.2, 0.25) is 0 Å². The van der Waals surface area contributed by atoms with Crippen LogP contribution < -0.4 is 14.8 Å². The van der Waals surface area contributed by atoms with Crippen LogP contribution in [-0.2, 0) is 13.0 Å². The standard InChI is InChI=1S/C16H20N4O3S/c1-3-4-14-17-15(24-19-14)18-16(21)20-7-8-23-13-9-12(22-2)6-5-11(13)10-20/h5-6,9H,3-4,7-8,10H2,1-2H3,(H,17,18,19,21). The molecule has 0 radical (unpaired) electrons. The minimum absolute atomic E-state index is 0.193. The highest BCUT2D eigenvalue weighted by Crippen LogP contribution is 2.28. The minimum Gasteiger partial charge on any atom is -0.497 e. The molecule has 0 unspecified atom stereocenters. The number of rotatable bonds is 4. The lowest BCUT2D eigenvalue weighted by Gasteiger charge is -2.19. The molecule has 0 fully saturated rings. The molecule has 3 rings (SSSR count). The largest absolute Gasteiger partial charge is 0.497 e. The Kier molecular flexibility index (Phi) is 5.14. The first kappa shape index (κ1) is 16.5. The fraction of sp³-hybridized carbons (Fsp3) is 0.438. The van der Waals surface area contributed by atoms with Crippen molar-refractivity contribution in [3.05, 3.63) is 29.6 Å². The van der Waals surface area contributed by atoms with Crippen molar-refractivity contribution in [3.63, 3.8) is 0 Å². The number of carbonyl (C=O) groups is 1. The van der Waals surface area contributed by atoms with Gasteiger partial charge in [-0.2, -0.15) is 4.37 Å². The lowest BCUT2D eigenvalue weighted by Crippen LogP contribution is -2.36. The third-order valence-electron chi connectivity index (χ3n) is 3.70. The van der Waals surface area contributed by atoms with Gasteiger partial charge in [-0.25, -0.2) is 9.78 Å². The number of aromatic nitrogens is 2. The number of carbonyl (C=O) groups excluding carboxylic acids is 1. The second-order valence-corrected chi connectivity index (χ2v) is 6.19. The Morgan fingerprint density at radius 3 is 3.17 bits per heavy atom. The van der Waals surface area contributed by atoms with E-state index in [0.717, 1.165) is 35.7 Å². The van der Waals surface area contributed by atoms with Crippen LogP contribution in [0.3, 0.4) is 0 Å². The van der Waals surface area contributed by atoms with Gasteiger partial charge < -0.3 is 14.4 Å². The van der Waals surface area contributed by atoms with Gasteiger partial charge in [0.25, 0.3) is 0 Å². The molecular formula is C16H20N4O3S. The minimum atomic E-state index is -0.193. The number of amides is 2. The van der Waals surface area contributed by atoms with Crippen LogP contribution in [0.5, 0.6) is 11.5 Å². The van der Waals surface area contributed by atoms with Crippen LogP contribution in [0.15, 0.2) is 18.2 Å². The number of hydrogen-bond acceptors (Lipinski definition) is 6. The Morgan fingerprint density at radius 2 is 2.38 bits per heavy atom. The first-order chi connectivity index (χ1) is 11.7. The van der Waals surface area contributed by atoms with Crippen LogP contribution in [-0.4, -0.2) is 40.5 Å². The van der Waals surface area contributed by atoms with E-state index in [9.17, 15) is 4.79 Å². The molecule has 1 aromatic carbocycles. The molecule has 128 valence electrons. The van der Waals surface area contributed by atoms with Crippen molar-refractivity contribution in [2.24, 2.45) is 0 Å². The van der Waals surface area contributed by atoms with Crippen molar-refractivity contribution in [2.45, 2.75) is 26.3 Å². The number of benzene rings is 1. The van der Waals surface area contributed by atoms with E-state index in [4.69, 9.17) is 9.47 Å². The number of ether oxygens (including phenoxy) is 2. The summed E-state index contributed by atoms with van der Waals surface area (Å²) in [7, 11) is 1.62. The lowest BCUT2D eigenvalue weighted by atomic mass is 10.2. The molecule has 1 N–H and O–H groups in total. The van der Waals surface area contributed by atoms with Crippen LogP contribution >= 0.6 is 11.5 Å². The van der Waals surface area contributed by atoms with E-state index in [-0.39, 0.29) is 6.03 Å². The molecule has 0 bridgehead atoms. The van der Waals surface area contributed by atoms with Crippen molar-refractivity contribution in [1.82, 2.24) is 14.3 Å². The van der Waals surface area contributed by atoms with Crippen molar-refractivity contribution >= 4 is 22.7 Å². The summed E-state index contributed by atoms with van der Waals surface area (Å²) in [5.41, 5.74) is 0.951. The van der Waals surface area contributed by atoms with Crippen LogP contribution in [0.25, 0.3) is 0 Å². The molecule has 8 heteroatoms. The molecule has 2 aromatic rings. The first-order valence-electron chi connectivity index (χ1n) is 7.88. The molecule has 2 amide bonds. The van der Waals surface area contributed by atoms with E-state index in [1.165, 1.54) is 11.5 Å². The molecule has 24 heavy (non-hydrogen) atoms. The predicted molar refractivity (Wildman–Crippen MR) is 91.8 cm³/mol. The van der Waals surface area contributed by atoms with Gasteiger partial charge >= 0.3 is 6.03 Å². The summed E-state index contributed by atoms with van der Waals surface area (Å²) in [5.74, 6) is 2.27. The van der Waals surface area contributed by atoms with E-state index in [1.54, 1.807) is 12.0 Å². The molecule has 1 aliphatic heterocycles. The number of nitrogens with zero attached hydrogens (tertiary/aromatic N) is 3. The normalized spacial score (nSPS) is 13.7. The number of fused-ring (bicyclic) bond motifs is 1. The van der Waals surface area contributed by atoms with Gasteiger partial charge in [-0.05, 0) is 18.6 Å². The summed E-state index contributed by atoms with van der Waals surface area (Å²) in [5, 5.41) is 3.35. The molecule has 1 aliphatic rings. The number of urea groups is 1. The molecular weight excluding hydrogens is 328 g/mol. The van der Waals surface area contributed by atoms with Crippen LogP contribution in [0.4, 0.5) is 9.93 Å². The third kappa shape index (κ3) is 3.76. The second-order valence-electron chi connectivity index (χ2n) is 5.44. The van der Waals surface area contributed by atoms with E-state index in [2.05, 4.69) is 21.6 Å². The smallest absolute Gasteiger partial charge is 0.324 e. The summed E-state index contributed by atoms with van der Waals surface area (Å²) in [6, 6.07) is 5.44. The highest BCUT2D eigenvalue weighted by molar-refractivity contribution is 7.09. The Bertz CT molecular complexity index is 719. The van der Waals surface area contributed by atoms with Gasteiger partial charge in [0.05, 0.1) is 20.2 Å². The van der Waals surface area contributed by atoms with Gasteiger partial charge in [0.15, 0.2) is 0 Å². The Hall–Kier alpha value is -2.35. The lowest BCUT2D eigenvalue weighted by molar-refractivity contribution is 0.200. The summed E-state index contributed by atoms with van der Waals surface area (Å²) in [6.45, 7) is 3.49. The third-order valence-corrected chi connectivity index (χ3v) is 4.37. The number of nitrogens with one attached hydrogen (secondary N) is 1. The monoisotopic (exact) mass is 348 g/mol. The molecule has 0 saturated heterocycles. The van der Waals surface area contributed by atoms with Gasteiger partial charge in [0.2, 0.25) is 5.13 Å². The fourth-order valence-corrected chi connectivity index (χ4v) is 3.05. The van der Waals surface area contributed by atoms with Gasteiger partial charge in [0.1, 0.15) is 23.9 Å². The quantitative estimate of drug-likeness (QED) is 0.919. The molecule has 1 aromatic heterocycles. The zero-order chi connectivity index (χ0) is 16.9. The molecule has 7 nitrogen and oxygen atoms in total. The maximum atomic E-state index is 12.5. The van der Waals surface area contributed by atoms with Gasteiger partial charge in [-0.15, -0.1) is 0 Å². The maximum Gasteiger partial charge on any atom is 0.324 e. The summed E-state index contributed by atoms with van der Waals surface area (Å²) < 4.78 is 15.2. The molecule has 0 aliphatic carbocycles. The number of hydrogen-bond donors (Lipinski definition) is 1. The Balaban J connectivity index is 1.68. The zero-order valence-electron chi connectivity index (χ0n) is 13.7. The second kappa shape index (κ2) is 7.48. The Morgan fingerprint density at radius 1 is 1.50 bits per heavy atom. The van der Waals surface area contributed by atoms with Crippen molar-refractivity contribution in [1.29, 1.82) is 0 Å². The SMILES string of the molecule is CCCc1nsc(NC(=O)N2CCOc3cc(OC)ccc3C2)n1. The fourth-order valence-electron chi connectivity index (χ4n) is 2.45. The van der Waals surface area contributed by atoms with Gasteiger partial charge in [0, 0.05) is 29.6 Å². The van der Waals surface area contributed by atoms with Crippen LogP contribution in [0, 0.1) is 0 Å². The molecule has 0 spiro atoms. The summed E-state index contributed by atoms with van der Waals surface area (Å²) in [4.78, 5) is 18.5. The maximum absolute atomic E-state index is 12.5. The average Bonchev–Trinajstić information content (AvgIpc) is 2.91. The van der Waals surface area contributed by atoms with E-state index < -0.39 is 0 Å². The molecule has 0 atom stereocenters. The number of methoxy groups -OCH3 is 1. The van der Waals surface area contributed by atoms with Crippen molar-refractivity contribution in [3.8, 4) is 11.5 Å². The van der Waals surface area contributed by atoms with E-state index in [0.29, 0.717) is 24.8 Å². The first-order valence-corrected chi connectivity index (χ1v) is 8.65. The predicted octanol–water partition coefficient (Wildman–Crippen LogP) is 2.93. The van der Waals surface area contributed by atoms with E-state index in [1.807, 2.05) is 18.2 Å². The number of anilines is 1. The molecule has 2 heterocycles. The van der Waals surface area contributed by atoms with E-state index >= 15 is 0 Å². The summed E-state index contributed by atoms with van der Waals surface area (Å²) >= 11 is 1.21. The van der Waals surface area contributed by atoms with Gasteiger partial charge in [-0.3, -0.25) is 5.32 Å². The highest BCUT2D eigenvalue weighted by atomic mass is 32.1. The van der Waals surface area contributed by atoms with Crippen molar-refractivity contribution in [2.75, 3.05) is 25.6 Å². The number of aryl methyl sites for hydroxylation is 1. The van der Waals surface area contributed by atoms with Gasteiger partial charge in [-0.1, -0.05) is 6.92 Å². The highest BCUT2D eigenvalue weighted by Gasteiger charge is 2.21. The van der Waals surface area contributed by atoms with Crippen molar-refractivity contribution < 1.29 is 14.3 Å². The zero-order valence-corrected chi connectivity index (χ0v) is 14.6. The topological polar surface area (TPSA) is 76.6 Å². The Labute approximate surface area is 144 Å². The average molecular weight is 348 g/mol.